The standard InChI is InChI=1S/C33H39N3O/c1-3-23-35(24-11-14-28-12-7-5-8-13-28)32-22-19-29(25-34-32)26-36(31-20-17-27(4-2)18-21-31)33(37)30-15-9-6-10-16-30/h5,7-9,12-13,15-22,25H,3-4,6,10-11,14,23-24,26H2,1-2H3. The molecule has 3 aromatic rings. The summed E-state index contributed by atoms with van der Waals surface area (Å²) in [5, 5.41) is 0. The molecule has 1 heterocycles. The summed E-state index contributed by atoms with van der Waals surface area (Å²) in [6.45, 7) is 6.80. The Morgan fingerprint density at radius 1 is 0.865 bits per heavy atom. The molecule has 0 fully saturated rings. The fourth-order valence-corrected chi connectivity index (χ4v) is 4.73. The highest BCUT2D eigenvalue weighted by Gasteiger charge is 2.20. The van der Waals surface area contributed by atoms with Gasteiger partial charge in [-0.2, -0.15) is 0 Å². The van der Waals surface area contributed by atoms with E-state index in [-0.39, 0.29) is 5.91 Å². The van der Waals surface area contributed by atoms with Gasteiger partial charge >= 0.3 is 0 Å². The fraction of sp³-hybridized carbons (Fsp3) is 0.333. The Morgan fingerprint density at radius 2 is 1.65 bits per heavy atom. The van der Waals surface area contributed by atoms with E-state index in [0.29, 0.717) is 6.54 Å². The number of carbonyl (C=O) groups excluding carboxylic acids is 1. The van der Waals surface area contributed by atoms with Crippen molar-refractivity contribution in [3.8, 4) is 0 Å². The second-order valence-corrected chi connectivity index (χ2v) is 9.65. The summed E-state index contributed by atoms with van der Waals surface area (Å²) >= 11 is 0. The Hall–Kier alpha value is -3.66. The number of amides is 1. The molecule has 37 heavy (non-hydrogen) atoms. The van der Waals surface area contributed by atoms with Crippen LogP contribution in [0.4, 0.5) is 11.5 Å². The van der Waals surface area contributed by atoms with Gasteiger partial charge in [0.25, 0.3) is 5.91 Å². The number of aryl methyl sites for hydroxylation is 2. The molecule has 192 valence electrons. The third-order valence-electron chi connectivity index (χ3n) is 6.85. The van der Waals surface area contributed by atoms with Gasteiger partial charge in [0.15, 0.2) is 0 Å². The van der Waals surface area contributed by atoms with Crippen molar-refractivity contribution < 1.29 is 4.79 Å². The molecule has 0 saturated heterocycles. The fourth-order valence-electron chi connectivity index (χ4n) is 4.73. The van der Waals surface area contributed by atoms with Gasteiger partial charge in [0.2, 0.25) is 0 Å². The van der Waals surface area contributed by atoms with E-state index in [9.17, 15) is 4.79 Å². The number of hydrogen-bond acceptors (Lipinski definition) is 3. The minimum atomic E-state index is 0.0396. The summed E-state index contributed by atoms with van der Waals surface area (Å²) < 4.78 is 0. The molecular formula is C33H39N3O. The van der Waals surface area contributed by atoms with Crippen molar-refractivity contribution in [2.75, 3.05) is 22.9 Å². The maximum Gasteiger partial charge on any atom is 0.258 e. The first-order valence-corrected chi connectivity index (χ1v) is 13.7. The van der Waals surface area contributed by atoms with Gasteiger partial charge in [-0.25, -0.2) is 4.98 Å². The molecule has 4 rings (SSSR count). The molecule has 1 amide bonds. The predicted molar refractivity (Wildman–Crippen MR) is 155 cm³/mol. The predicted octanol–water partition coefficient (Wildman–Crippen LogP) is 7.30. The van der Waals surface area contributed by atoms with Crippen LogP contribution in [0, 0.1) is 0 Å². The van der Waals surface area contributed by atoms with E-state index in [1.54, 1.807) is 0 Å². The van der Waals surface area contributed by atoms with Gasteiger partial charge in [-0.1, -0.05) is 80.6 Å². The van der Waals surface area contributed by atoms with Gasteiger partial charge in [0.05, 0.1) is 6.54 Å². The first-order valence-electron chi connectivity index (χ1n) is 13.7. The summed E-state index contributed by atoms with van der Waals surface area (Å²) in [4.78, 5) is 22.6. The molecule has 0 saturated carbocycles. The summed E-state index contributed by atoms with van der Waals surface area (Å²) in [6, 6.07) is 23.2. The molecule has 0 unspecified atom stereocenters. The molecule has 2 aromatic carbocycles. The van der Waals surface area contributed by atoms with Crippen LogP contribution >= 0.6 is 0 Å². The Kier molecular flexibility index (Phi) is 9.70. The highest BCUT2D eigenvalue weighted by Crippen LogP contribution is 2.24. The van der Waals surface area contributed by atoms with Crippen molar-refractivity contribution in [2.24, 2.45) is 0 Å². The maximum atomic E-state index is 13.5. The number of carbonyl (C=O) groups is 1. The number of benzene rings is 2. The normalized spacial score (nSPS) is 12.8. The van der Waals surface area contributed by atoms with E-state index in [1.165, 1.54) is 11.1 Å². The van der Waals surface area contributed by atoms with Crippen LogP contribution in [0.5, 0.6) is 0 Å². The van der Waals surface area contributed by atoms with Crippen LogP contribution in [0.25, 0.3) is 0 Å². The van der Waals surface area contributed by atoms with E-state index >= 15 is 0 Å². The van der Waals surface area contributed by atoms with Crippen LogP contribution in [-0.2, 0) is 24.2 Å². The molecule has 0 aliphatic heterocycles. The Labute approximate surface area is 222 Å². The molecule has 0 radical (unpaired) electrons. The zero-order valence-corrected chi connectivity index (χ0v) is 22.3. The number of pyridine rings is 1. The number of anilines is 2. The zero-order valence-electron chi connectivity index (χ0n) is 22.3. The van der Waals surface area contributed by atoms with Gasteiger partial charge in [-0.15, -0.1) is 0 Å². The summed E-state index contributed by atoms with van der Waals surface area (Å²) in [6.07, 6.45) is 14.1. The van der Waals surface area contributed by atoms with E-state index in [2.05, 4.69) is 97.6 Å². The van der Waals surface area contributed by atoms with Crippen molar-refractivity contribution in [2.45, 2.75) is 58.9 Å². The first-order chi connectivity index (χ1) is 18.2. The van der Waals surface area contributed by atoms with Gasteiger partial charge in [-0.05, 0) is 73.4 Å². The Morgan fingerprint density at radius 3 is 2.30 bits per heavy atom. The minimum Gasteiger partial charge on any atom is -0.357 e. The number of aromatic nitrogens is 1. The SMILES string of the molecule is CCCN(CCCc1ccccc1)c1ccc(CN(C(=O)C2=CCCC=C2)c2ccc(CC)cc2)cn1. The Bertz CT molecular complexity index is 1180. The minimum absolute atomic E-state index is 0.0396. The van der Waals surface area contributed by atoms with Crippen LogP contribution < -0.4 is 9.80 Å². The average Bonchev–Trinajstić information content (AvgIpc) is 2.96. The monoisotopic (exact) mass is 493 g/mol. The lowest BCUT2D eigenvalue weighted by atomic mass is 10.0. The number of rotatable bonds is 12. The topological polar surface area (TPSA) is 36.4 Å². The second-order valence-electron chi connectivity index (χ2n) is 9.65. The average molecular weight is 494 g/mol. The molecule has 0 spiro atoms. The summed E-state index contributed by atoms with van der Waals surface area (Å²) in [5.41, 5.74) is 5.35. The lowest BCUT2D eigenvalue weighted by molar-refractivity contribution is -0.115. The van der Waals surface area contributed by atoms with Crippen LogP contribution in [0.1, 0.15) is 56.2 Å². The number of allylic oxidation sites excluding steroid dienone is 2. The quantitative estimate of drug-likeness (QED) is 0.266. The summed E-state index contributed by atoms with van der Waals surface area (Å²) in [7, 11) is 0. The van der Waals surface area contributed by atoms with Gasteiger partial charge in [-0.3, -0.25) is 4.79 Å². The molecule has 1 aliphatic carbocycles. The zero-order chi connectivity index (χ0) is 25.9. The molecule has 0 bridgehead atoms. The van der Waals surface area contributed by atoms with E-state index < -0.39 is 0 Å². The van der Waals surface area contributed by atoms with Gasteiger partial charge in [0.1, 0.15) is 5.82 Å². The third-order valence-corrected chi connectivity index (χ3v) is 6.85. The van der Waals surface area contributed by atoms with Gasteiger partial charge < -0.3 is 9.80 Å². The molecule has 0 N–H and O–H groups in total. The van der Waals surface area contributed by atoms with Crippen molar-refractivity contribution >= 4 is 17.4 Å². The molecule has 4 nitrogen and oxygen atoms in total. The van der Waals surface area contributed by atoms with Gasteiger partial charge in [0, 0.05) is 30.5 Å². The lowest BCUT2D eigenvalue weighted by Crippen LogP contribution is -2.31. The smallest absolute Gasteiger partial charge is 0.258 e. The van der Waals surface area contributed by atoms with Crippen molar-refractivity contribution in [3.05, 3.63) is 113 Å². The van der Waals surface area contributed by atoms with E-state index in [4.69, 9.17) is 4.98 Å². The largest absolute Gasteiger partial charge is 0.357 e. The van der Waals surface area contributed by atoms with E-state index in [0.717, 1.165) is 74.3 Å². The Balaban J connectivity index is 1.47. The number of nitrogens with zero attached hydrogens (tertiary/aromatic N) is 3. The molecule has 1 aromatic heterocycles. The van der Waals surface area contributed by atoms with Crippen LogP contribution in [0.3, 0.4) is 0 Å². The highest BCUT2D eigenvalue weighted by atomic mass is 16.2. The first kappa shape index (κ1) is 26.4. The van der Waals surface area contributed by atoms with Crippen LogP contribution in [-0.4, -0.2) is 24.0 Å². The van der Waals surface area contributed by atoms with Crippen molar-refractivity contribution in [1.29, 1.82) is 0 Å². The van der Waals surface area contributed by atoms with Crippen molar-refractivity contribution in [1.82, 2.24) is 4.98 Å². The number of hydrogen-bond donors (Lipinski definition) is 0. The maximum absolute atomic E-state index is 13.5. The molecule has 1 aliphatic rings. The van der Waals surface area contributed by atoms with Crippen LogP contribution in [0.2, 0.25) is 0 Å². The van der Waals surface area contributed by atoms with E-state index in [1.807, 2.05) is 17.2 Å². The molecular weight excluding hydrogens is 454 g/mol. The third kappa shape index (κ3) is 7.42. The lowest BCUT2D eigenvalue weighted by Gasteiger charge is -2.26. The second kappa shape index (κ2) is 13.6. The summed E-state index contributed by atoms with van der Waals surface area (Å²) in [5.74, 6) is 1.04. The highest BCUT2D eigenvalue weighted by molar-refractivity contribution is 6.07. The molecule has 0 atom stereocenters. The molecule has 4 heteroatoms. The van der Waals surface area contributed by atoms with Crippen molar-refractivity contribution in [3.63, 3.8) is 0 Å². The van der Waals surface area contributed by atoms with Crippen LogP contribution in [0.15, 0.2) is 96.7 Å².